The Hall–Kier alpha value is -1.61. The maximum atomic E-state index is 9.47. The normalized spacial score (nSPS) is 10.6. The second-order valence-corrected chi connectivity index (χ2v) is 2.85. The van der Waals surface area contributed by atoms with Gasteiger partial charge in [-0.2, -0.15) is 0 Å². The highest BCUT2D eigenvalue weighted by Crippen LogP contribution is 2.16. The molecule has 3 nitrogen and oxygen atoms in total. The lowest BCUT2D eigenvalue weighted by atomic mass is 10.1. The van der Waals surface area contributed by atoms with Crippen LogP contribution in [-0.2, 0) is 0 Å². The van der Waals surface area contributed by atoms with Crippen molar-refractivity contribution >= 4 is 12.3 Å². The number of nitrogens with zero attached hydrogens (tertiary/aromatic N) is 1. The molecule has 1 aromatic carbocycles. The average molecular weight is 190 g/mol. The maximum Gasteiger partial charge on any atom is 0.124 e. The summed E-state index contributed by atoms with van der Waals surface area (Å²) in [4.78, 5) is 4.05. The van der Waals surface area contributed by atoms with Crippen LogP contribution < -0.4 is 5.73 Å². The van der Waals surface area contributed by atoms with Crippen molar-refractivity contribution in [3.63, 3.8) is 0 Å². The molecule has 14 heavy (non-hydrogen) atoms. The van der Waals surface area contributed by atoms with Crippen LogP contribution >= 0.6 is 0 Å². The molecule has 0 spiro atoms. The molecule has 0 saturated heterocycles. The Morgan fingerprint density at radius 3 is 2.93 bits per heavy atom. The molecule has 0 radical (unpaired) electrons. The number of benzene rings is 1. The van der Waals surface area contributed by atoms with E-state index in [0.717, 1.165) is 5.56 Å². The Balaban J connectivity index is 2.89. The smallest absolute Gasteiger partial charge is 0.124 e. The van der Waals surface area contributed by atoms with Crippen LogP contribution in [0.4, 0.5) is 0 Å². The highest BCUT2D eigenvalue weighted by atomic mass is 16.3. The first kappa shape index (κ1) is 10.5. The van der Waals surface area contributed by atoms with E-state index >= 15 is 0 Å². The summed E-state index contributed by atoms with van der Waals surface area (Å²) >= 11 is 0. The third-order valence-electron chi connectivity index (χ3n) is 1.78. The summed E-state index contributed by atoms with van der Waals surface area (Å²) in [6.07, 6.45) is 3.34. The van der Waals surface area contributed by atoms with Crippen LogP contribution in [0.2, 0.25) is 0 Å². The van der Waals surface area contributed by atoms with Crippen molar-refractivity contribution < 1.29 is 5.11 Å². The Labute approximate surface area is 83.6 Å². The number of phenols is 1. The van der Waals surface area contributed by atoms with Crippen molar-refractivity contribution in [1.29, 1.82) is 0 Å². The van der Waals surface area contributed by atoms with Gasteiger partial charge in [-0.05, 0) is 17.7 Å². The molecule has 0 amide bonds. The van der Waals surface area contributed by atoms with Crippen LogP contribution in [0.25, 0.3) is 6.08 Å². The van der Waals surface area contributed by atoms with Crippen LogP contribution in [-0.4, -0.2) is 24.4 Å². The van der Waals surface area contributed by atoms with Gasteiger partial charge in [-0.25, -0.2) is 0 Å². The number of rotatable bonds is 4. The van der Waals surface area contributed by atoms with E-state index in [1.165, 1.54) is 0 Å². The van der Waals surface area contributed by atoms with Gasteiger partial charge in [0.25, 0.3) is 0 Å². The van der Waals surface area contributed by atoms with Gasteiger partial charge in [0, 0.05) is 18.3 Å². The molecule has 3 N–H and O–H groups in total. The molecule has 1 aromatic rings. The van der Waals surface area contributed by atoms with Crippen LogP contribution in [0.3, 0.4) is 0 Å². The molecule has 0 heterocycles. The van der Waals surface area contributed by atoms with Crippen molar-refractivity contribution in [3.05, 3.63) is 35.9 Å². The van der Waals surface area contributed by atoms with Gasteiger partial charge >= 0.3 is 0 Å². The van der Waals surface area contributed by atoms with Crippen LogP contribution in [0.1, 0.15) is 11.1 Å². The lowest BCUT2D eigenvalue weighted by Crippen LogP contribution is -2.02. The van der Waals surface area contributed by atoms with Crippen molar-refractivity contribution in [1.82, 2.24) is 0 Å². The molecule has 0 atom stereocenters. The molecule has 74 valence electrons. The van der Waals surface area contributed by atoms with E-state index in [2.05, 4.69) is 11.6 Å². The zero-order chi connectivity index (χ0) is 10.4. The molecule has 0 unspecified atom stereocenters. The molecule has 1 rings (SSSR count). The number of nitrogens with two attached hydrogens (primary N) is 1. The molecule has 0 fully saturated rings. The van der Waals surface area contributed by atoms with E-state index in [1.807, 2.05) is 6.07 Å². The number of aliphatic imine (C=N–C) groups is 1. The highest BCUT2D eigenvalue weighted by Gasteiger charge is 1.97. The summed E-state index contributed by atoms with van der Waals surface area (Å²) in [6.45, 7) is 4.73. The first-order valence-electron chi connectivity index (χ1n) is 4.43. The summed E-state index contributed by atoms with van der Waals surface area (Å²) in [6, 6.07) is 5.24. The van der Waals surface area contributed by atoms with E-state index in [-0.39, 0.29) is 5.75 Å². The quantitative estimate of drug-likeness (QED) is 0.705. The molecule has 0 aliphatic carbocycles. The second kappa shape index (κ2) is 5.19. The number of aromatic hydroxyl groups is 1. The Bertz CT molecular complexity index is 345. The van der Waals surface area contributed by atoms with Gasteiger partial charge in [0.1, 0.15) is 5.75 Å². The topological polar surface area (TPSA) is 58.6 Å². The number of hydrogen-bond acceptors (Lipinski definition) is 3. The van der Waals surface area contributed by atoms with Gasteiger partial charge in [-0.15, -0.1) is 0 Å². The van der Waals surface area contributed by atoms with Gasteiger partial charge in [0.15, 0.2) is 0 Å². The van der Waals surface area contributed by atoms with Crippen LogP contribution in [0.5, 0.6) is 5.75 Å². The van der Waals surface area contributed by atoms with E-state index in [4.69, 9.17) is 5.73 Å². The van der Waals surface area contributed by atoms with E-state index < -0.39 is 0 Å². The van der Waals surface area contributed by atoms with Gasteiger partial charge in [0.2, 0.25) is 0 Å². The molecular weight excluding hydrogens is 176 g/mol. The first-order chi connectivity index (χ1) is 6.77. The summed E-state index contributed by atoms with van der Waals surface area (Å²) < 4.78 is 0. The molecule has 0 aromatic heterocycles. The fraction of sp³-hybridized carbons (Fsp3) is 0.182. The van der Waals surface area contributed by atoms with E-state index in [0.29, 0.717) is 18.7 Å². The minimum Gasteiger partial charge on any atom is -0.507 e. The Morgan fingerprint density at radius 2 is 2.29 bits per heavy atom. The summed E-state index contributed by atoms with van der Waals surface area (Å²) in [5.74, 6) is 0.219. The summed E-state index contributed by atoms with van der Waals surface area (Å²) in [5.41, 5.74) is 6.94. The van der Waals surface area contributed by atoms with Crippen molar-refractivity contribution in [2.75, 3.05) is 13.1 Å². The predicted octanol–water partition coefficient (Wildman–Crippen LogP) is 1.41. The molecular formula is C11H14N2O. The van der Waals surface area contributed by atoms with Gasteiger partial charge in [-0.1, -0.05) is 18.7 Å². The molecule has 0 bridgehead atoms. The van der Waals surface area contributed by atoms with E-state index in [9.17, 15) is 5.11 Å². The molecule has 3 heteroatoms. The van der Waals surface area contributed by atoms with Crippen molar-refractivity contribution in [2.45, 2.75) is 0 Å². The zero-order valence-corrected chi connectivity index (χ0v) is 7.98. The highest BCUT2D eigenvalue weighted by molar-refractivity contribution is 5.84. The van der Waals surface area contributed by atoms with Gasteiger partial charge < -0.3 is 10.8 Å². The second-order valence-electron chi connectivity index (χ2n) is 2.85. The Morgan fingerprint density at radius 1 is 1.50 bits per heavy atom. The average Bonchev–Trinajstić information content (AvgIpc) is 2.21. The first-order valence-corrected chi connectivity index (χ1v) is 4.43. The van der Waals surface area contributed by atoms with Crippen molar-refractivity contribution in [3.8, 4) is 5.75 Å². The minimum absolute atomic E-state index is 0.219. The van der Waals surface area contributed by atoms with Crippen LogP contribution in [0, 0.1) is 0 Å². The monoisotopic (exact) mass is 190 g/mol. The molecule has 0 aliphatic heterocycles. The standard InChI is InChI=1S/C11H14N2O/c1-2-9-3-4-11(14)10(7-9)8-13-6-5-12/h2-4,7-8,14H,1,5-6,12H2. The van der Waals surface area contributed by atoms with Gasteiger partial charge in [0.05, 0.1) is 6.54 Å². The SMILES string of the molecule is C=Cc1ccc(O)c(C=NCCN)c1. The number of hydrogen-bond donors (Lipinski definition) is 2. The fourth-order valence-corrected chi connectivity index (χ4v) is 1.04. The lowest BCUT2D eigenvalue weighted by molar-refractivity contribution is 0.474. The minimum atomic E-state index is 0.219. The summed E-state index contributed by atoms with van der Waals surface area (Å²) in [7, 11) is 0. The third kappa shape index (κ3) is 2.71. The van der Waals surface area contributed by atoms with Crippen LogP contribution in [0.15, 0.2) is 29.8 Å². The zero-order valence-electron chi connectivity index (χ0n) is 7.98. The fourth-order valence-electron chi connectivity index (χ4n) is 1.04. The van der Waals surface area contributed by atoms with E-state index in [1.54, 1.807) is 24.4 Å². The van der Waals surface area contributed by atoms with Gasteiger partial charge in [-0.3, -0.25) is 4.99 Å². The molecule has 0 saturated carbocycles. The van der Waals surface area contributed by atoms with Crippen molar-refractivity contribution in [2.24, 2.45) is 10.7 Å². The predicted molar refractivity (Wildman–Crippen MR) is 59.7 cm³/mol. The summed E-state index contributed by atoms with van der Waals surface area (Å²) in [5, 5.41) is 9.47. The maximum absolute atomic E-state index is 9.47. The number of phenolic OH excluding ortho intramolecular Hbond substituents is 1. The largest absolute Gasteiger partial charge is 0.507 e. The molecule has 0 aliphatic rings. The lowest BCUT2D eigenvalue weighted by Gasteiger charge is -1.99. The Kier molecular flexibility index (Phi) is 3.88. The third-order valence-corrected chi connectivity index (χ3v) is 1.78.